The SMILES string of the molecule is CCCCCCC(O)C/C=C/CCCCCCC[C]=O. The summed E-state index contributed by atoms with van der Waals surface area (Å²) in [7, 11) is 0. The summed E-state index contributed by atoms with van der Waals surface area (Å²) >= 11 is 0. The molecule has 0 aromatic carbocycles. The van der Waals surface area contributed by atoms with Gasteiger partial charge in [-0.2, -0.15) is 0 Å². The Morgan fingerprint density at radius 1 is 0.950 bits per heavy atom. The first kappa shape index (κ1) is 19.4. The molecule has 0 aromatic rings. The van der Waals surface area contributed by atoms with E-state index in [1.165, 1.54) is 38.5 Å². The molecule has 1 N–H and O–H groups in total. The third kappa shape index (κ3) is 15.4. The van der Waals surface area contributed by atoms with Crippen molar-refractivity contribution in [2.24, 2.45) is 0 Å². The minimum absolute atomic E-state index is 0.150. The summed E-state index contributed by atoms with van der Waals surface area (Å²) in [6, 6.07) is 0. The van der Waals surface area contributed by atoms with E-state index >= 15 is 0 Å². The summed E-state index contributed by atoms with van der Waals surface area (Å²) in [6.45, 7) is 2.21. The van der Waals surface area contributed by atoms with Crippen molar-refractivity contribution in [2.75, 3.05) is 0 Å². The van der Waals surface area contributed by atoms with E-state index in [9.17, 15) is 9.90 Å². The van der Waals surface area contributed by atoms with Crippen LogP contribution < -0.4 is 0 Å². The van der Waals surface area contributed by atoms with Gasteiger partial charge in [-0.1, -0.05) is 64.0 Å². The van der Waals surface area contributed by atoms with Crippen molar-refractivity contribution in [1.82, 2.24) is 0 Å². The zero-order valence-corrected chi connectivity index (χ0v) is 13.3. The zero-order valence-electron chi connectivity index (χ0n) is 13.3. The van der Waals surface area contributed by atoms with Crippen LogP contribution in [0.4, 0.5) is 0 Å². The maximum Gasteiger partial charge on any atom is 0.198 e. The number of hydrogen-bond acceptors (Lipinski definition) is 2. The van der Waals surface area contributed by atoms with E-state index in [0.29, 0.717) is 6.42 Å². The first-order valence-corrected chi connectivity index (χ1v) is 8.49. The van der Waals surface area contributed by atoms with Gasteiger partial charge < -0.3 is 5.11 Å². The summed E-state index contributed by atoms with van der Waals surface area (Å²) < 4.78 is 0. The van der Waals surface area contributed by atoms with Crippen LogP contribution in [0.25, 0.3) is 0 Å². The van der Waals surface area contributed by atoms with E-state index in [0.717, 1.165) is 38.5 Å². The van der Waals surface area contributed by atoms with Gasteiger partial charge in [-0.25, -0.2) is 0 Å². The highest BCUT2D eigenvalue weighted by Gasteiger charge is 2.00. The van der Waals surface area contributed by atoms with Crippen LogP contribution in [0.15, 0.2) is 12.2 Å². The number of aliphatic hydroxyl groups excluding tert-OH is 1. The fraction of sp³-hybridized carbons (Fsp3) is 0.833. The lowest BCUT2D eigenvalue weighted by Crippen LogP contribution is -2.04. The Labute approximate surface area is 125 Å². The molecular formula is C18H33O2. The Morgan fingerprint density at radius 2 is 1.65 bits per heavy atom. The zero-order chi connectivity index (χ0) is 14.9. The second-order valence-corrected chi connectivity index (χ2v) is 5.66. The maximum absolute atomic E-state index is 10.0. The number of allylic oxidation sites excluding steroid dienone is 1. The molecule has 2 nitrogen and oxygen atoms in total. The fourth-order valence-electron chi connectivity index (χ4n) is 2.29. The van der Waals surface area contributed by atoms with Gasteiger partial charge in [0, 0.05) is 6.42 Å². The van der Waals surface area contributed by atoms with Gasteiger partial charge in [0.1, 0.15) is 0 Å². The van der Waals surface area contributed by atoms with Crippen LogP contribution in [-0.2, 0) is 4.79 Å². The summed E-state index contributed by atoms with van der Waals surface area (Å²) in [6.07, 6.45) is 20.3. The normalized spacial score (nSPS) is 12.9. The molecule has 0 fully saturated rings. The topological polar surface area (TPSA) is 37.3 Å². The van der Waals surface area contributed by atoms with Crippen molar-refractivity contribution < 1.29 is 9.90 Å². The first-order valence-electron chi connectivity index (χ1n) is 8.49. The second kappa shape index (κ2) is 16.4. The Balaban J connectivity index is 3.23. The molecule has 0 saturated heterocycles. The van der Waals surface area contributed by atoms with Gasteiger partial charge in [-0.3, -0.25) is 4.79 Å². The molecule has 0 aromatic heterocycles. The van der Waals surface area contributed by atoms with Crippen LogP contribution in [-0.4, -0.2) is 17.5 Å². The van der Waals surface area contributed by atoms with Crippen molar-refractivity contribution >= 4 is 6.29 Å². The third-order valence-electron chi connectivity index (χ3n) is 3.62. The lowest BCUT2D eigenvalue weighted by atomic mass is 10.1. The van der Waals surface area contributed by atoms with E-state index in [-0.39, 0.29) is 6.10 Å². The van der Waals surface area contributed by atoms with Crippen molar-refractivity contribution in [3.63, 3.8) is 0 Å². The Hall–Kier alpha value is -0.630. The van der Waals surface area contributed by atoms with Crippen LogP contribution in [0.2, 0.25) is 0 Å². The summed E-state index contributed by atoms with van der Waals surface area (Å²) in [5.74, 6) is 0. The average molecular weight is 281 g/mol. The molecule has 0 aliphatic carbocycles. The Morgan fingerprint density at radius 3 is 2.40 bits per heavy atom. The Kier molecular flexibility index (Phi) is 15.9. The minimum atomic E-state index is -0.150. The maximum atomic E-state index is 10.0. The van der Waals surface area contributed by atoms with Gasteiger partial charge >= 0.3 is 0 Å². The number of rotatable bonds is 15. The van der Waals surface area contributed by atoms with Crippen molar-refractivity contribution in [3.8, 4) is 0 Å². The third-order valence-corrected chi connectivity index (χ3v) is 3.62. The van der Waals surface area contributed by atoms with Crippen molar-refractivity contribution in [1.29, 1.82) is 0 Å². The first-order chi connectivity index (χ1) is 9.81. The number of carbonyl (C=O) groups excluding carboxylic acids is 1. The molecule has 0 saturated carbocycles. The molecule has 0 amide bonds. The molecule has 0 aliphatic heterocycles. The minimum Gasteiger partial charge on any atom is -0.393 e. The average Bonchev–Trinajstić information content (AvgIpc) is 2.45. The van der Waals surface area contributed by atoms with Gasteiger partial charge in [-0.15, -0.1) is 0 Å². The van der Waals surface area contributed by atoms with Gasteiger partial charge in [-0.05, 0) is 32.1 Å². The van der Waals surface area contributed by atoms with Gasteiger partial charge in [0.15, 0.2) is 6.29 Å². The highest BCUT2D eigenvalue weighted by atomic mass is 16.3. The molecule has 1 unspecified atom stereocenters. The van der Waals surface area contributed by atoms with Crippen LogP contribution in [0, 0.1) is 0 Å². The van der Waals surface area contributed by atoms with Crippen molar-refractivity contribution in [2.45, 2.75) is 96.5 Å². The lowest BCUT2D eigenvalue weighted by molar-refractivity contribution is 0.163. The number of aliphatic hydroxyl groups is 1. The lowest BCUT2D eigenvalue weighted by Gasteiger charge is -2.07. The molecule has 1 atom stereocenters. The monoisotopic (exact) mass is 281 g/mol. The van der Waals surface area contributed by atoms with Crippen LogP contribution >= 0.6 is 0 Å². The summed E-state index contributed by atoms with van der Waals surface area (Å²) in [4.78, 5) is 10.0. The number of unbranched alkanes of at least 4 members (excludes halogenated alkanes) is 9. The standard InChI is InChI=1S/C18H33O2/c1-2-3-4-12-15-18(20)16-13-10-8-6-5-7-9-11-14-17-19/h10,13,18,20H,2-9,11-12,14-16H2,1H3/b13-10+. The highest BCUT2D eigenvalue weighted by molar-refractivity contribution is 5.50. The second-order valence-electron chi connectivity index (χ2n) is 5.66. The quantitative estimate of drug-likeness (QED) is 0.335. The van der Waals surface area contributed by atoms with Crippen LogP contribution in [0.3, 0.4) is 0 Å². The van der Waals surface area contributed by atoms with E-state index in [1.54, 1.807) is 0 Å². The van der Waals surface area contributed by atoms with E-state index in [4.69, 9.17) is 0 Å². The van der Waals surface area contributed by atoms with Crippen LogP contribution in [0.5, 0.6) is 0 Å². The molecule has 0 rings (SSSR count). The molecule has 2 heteroatoms. The predicted molar refractivity (Wildman–Crippen MR) is 86.5 cm³/mol. The van der Waals surface area contributed by atoms with E-state index < -0.39 is 0 Å². The Bertz CT molecular complexity index is 223. The summed E-state index contributed by atoms with van der Waals surface area (Å²) in [5.41, 5.74) is 0. The molecule has 0 spiro atoms. The van der Waals surface area contributed by atoms with E-state index in [1.807, 2.05) is 6.29 Å². The van der Waals surface area contributed by atoms with Gasteiger partial charge in [0.25, 0.3) is 0 Å². The van der Waals surface area contributed by atoms with Gasteiger partial charge in [0.2, 0.25) is 0 Å². The molecule has 0 heterocycles. The largest absolute Gasteiger partial charge is 0.393 e. The molecule has 117 valence electrons. The number of hydrogen-bond donors (Lipinski definition) is 1. The smallest absolute Gasteiger partial charge is 0.198 e. The fourth-order valence-corrected chi connectivity index (χ4v) is 2.29. The highest BCUT2D eigenvalue weighted by Crippen LogP contribution is 2.10. The molecule has 1 radical (unpaired) electrons. The predicted octanol–water partition coefficient (Wildman–Crippen LogP) is 5.10. The van der Waals surface area contributed by atoms with E-state index in [2.05, 4.69) is 19.1 Å². The molecule has 0 bridgehead atoms. The molecule has 0 aliphatic rings. The molecule has 20 heavy (non-hydrogen) atoms. The molecular weight excluding hydrogens is 248 g/mol. The van der Waals surface area contributed by atoms with Gasteiger partial charge in [0.05, 0.1) is 6.10 Å². The summed E-state index contributed by atoms with van der Waals surface area (Å²) in [5, 5.41) is 9.79. The van der Waals surface area contributed by atoms with Crippen molar-refractivity contribution in [3.05, 3.63) is 12.2 Å². The van der Waals surface area contributed by atoms with Crippen LogP contribution in [0.1, 0.15) is 90.4 Å².